The maximum atomic E-state index is 13.8. The zero-order chi connectivity index (χ0) is 21.4. The van der Waals surface area contributed by atoms with Gasteiger partial charge in [0.05, 0.1) is 0 Å². The Morgan fingerprint density at radius 3 is 2.17 bits per heavy atom. The second kappa shape index (κ2) is 10.5. The molecule has 0 fully saturated rings. The molecule has 0 bridgehead atoms. The molecule has 6 nitrogen and oxygen atoms in total. The lowest BCUT2D eigenvalue weighted by Gasteiger charge is -2.22. The molecule has 0 radical (unpaired) electrons. The quantitative estimate of drug-likeness (QED) is 0.426. The van der Waals surface area contributed by atoms with Crippen molar-refractivity contribution < 1.29 is 18.4 Å². The highest BCUT2D eigenvalue weighted by Crippen LogP contribution is 2.13. The molecule has 154 valence electrons. The van der Waals surface area contributed by atoms with E-state index < -0.39 is 35.1 Å². The largest absolute Gasteiger partial charge is 0.357 e. The predicted molar refractivity (Wildman–Crippen MR) is 110 cm³/mol. The molecule has 0 aliphatic heterocycles. The summed E-state index contributed by atoms with van der Waals surface area (Å²) in [5.41, 5.74) is 5.20. The van der Waals surface area contributed by atoms with Crippen molar-refractivity contribution in [1.29, 1.82) is 0 Å². The van der Waals surface area contributed by atoms with Crippen molar-refractivity contribution in [1.82, 2.24) is 21.5 Å². The van der Waals surface area contributed by atoms with Crippen LogP contribution in [0.5, 0.6) is 0 Å². The standard InChI is InChI=1S/C20H22F2N4O2S/c1-12(2)17(24-18(27)16-14(21)9-6-10-15(16)22)19(28)25-26-20(29)23-11-13-7-4-3-5-8-13/h3-10,12,17H,11H2,1-2H3,(H,24,27)(H,25,28)(H2,23,26,29). The molecule has 0 heterocycles. The smallest absolute Gasteiger partial charge is 0.261 e. The summed E-state index contributed by atoms with van der Waals surface area (Å²) in [6.45, 7) is 3.84. The van der Waals surface area contributed by atoms with E-state index in [0.29, 0.717) is 6.54 Å². The number of carbonyl (C=O) groups is 2. The molecule has 0 spiro atoms. The van der Waals surface area contributed by atoms with E-state index in [2.05, 4.69) is 21.5 Å². The van der Waals surface area contributed by atoms with Crippen LogP contribution < -0.4 is 21.5 Å². The van der Waals surface area contributed by atoms with E-state index in [-0.39, 0.29) is 11.0 Å². The Bertz CT molecular complexity index is 858. The van der Waals surface area contributed by atoms with Crippen molar-refractivity contribution in [3.8, 4) is 0 Å². The van der Waals surface area contributed by atoms with Gasteiger partial charge in [-0.05, 0) is 35.8 Å². The highest BCUT2D eigenvalue weighted by molar-refractivity contribution is 7.80. The minimum absolute atomic E-state index is 0.177. The van der Waals surface area contributed by atoms with Gasteiger partial charge < -0.3 is 10.6 Å². The molecule has 0 aliphatic rings. The zero-order valence-corrected chi connectivity index (χ0v) is 16.8. The fourth-order valence-electron chi connectivity index (χ4n) is 2.48. The molecule has 2 aromatic carbocycles. The highest BCUT2D eigenvalue weighted by atomic mass is 32.1. The first-order valence-electron chi connectivity index (χ1n) is 8.92. The molecule has 2 rings (SSSR count). The van der Waals surface area contributed by atoms with Crippen LogP contribution in [0.4, 0.5) is 8.78 Å². The van der Waals surface area contributed by atoms with E-state index in [1.165, 1.54) is 0 Å². The third-order valence-corrected chi connectivity index (χ3v) is 4.27. The number of hydrogen-bond acceptors (Lipinski definition) is 3. The Morgan fingerprint density at radius 2 is 1.59 bits per heavy atom. The summed E-state index contributed by atoms with van der Waals surface area (Å²) in [6.07, 6.45) is 0. The average molecular weight is 420 g/mol. The van der Waals surface area contributed by atoms with Gasteiger partial charge in [-0.3, -0.25) is 20.4 Å². The summed E-state index contributed by atoms with van der Waals surface area (Å²) in [5.74, 6) is -3.97. The maximum Gasteiger partial charge on any atom is 0.261 e. The number of nitrogens with one attached hydrogen (secondary N) is 4. The van der Waals surface area contributed by atoms with Gasteiger partial charge in [-0.2, -0.15) is 0 Å². The number of halogens is 2. The molecule has 2 aromatic rings. The minimum Gasteiger partial charge on any atom is -0.357 e. The van der Waals surface area contributed by atoms with E-state index >= 15 is 0 Å². The number of hydrazine groups is 1. The van der Waals surface area contributed by atoms with Crippen LogP contribution in [0.15, 0.2) is 48.5 Å². The summed E-state index contributed by atoms with van der Waals surface area (Å²) in [4.78, 5) is 24.7. The molecule has 0 aromatic heterocycles. The number of carbonyl (C=O) groups excluding carboxylic acids is 2. The van der Waals surface area contributed by atoms with Gasteiger partial charge in [0.1, 0.15) is 23.2 Å². The average Bonchev–Trinajstić information content (AvgIpc) is 2.69. The Hall–Kier alpha value is -3.07. The van der Waals surface area contributed by atoms with Gasteiger partial charge in [-0.15, -0.1) is 0 Å². The summed E-state index contributed by atoms with van der Waals surface area (Å²) in [6, 6.07) is 11.6. The highest BCUT2D eigenvalue weighted by Gasteiger charge is 2.27. The summed E-state index contributed by atoms with van der Waals surface area (Å²) < 4.78 is 27.6. The van der Waals surface area contributed by atoms with Crippen LogP contribution in [0.1, 0.15) is 29.8 Å². The van der Waals surface area contributed by atoms with Crippen LogP contribution in [0.3, 0.4) is 0 Å². The van der Waals surface area contributed by atoms with E-state index in [0.717, 1.165) is 23.8 Å². The molecule has 0 saturated heterocycles. The van der Waals surface area contributed by atoms with Crippen LogP contribution in [-0.2, 0) is 11.3 Å². The summed E-state index contributed by atoms with van der Waals surface area (Å²) in [5, 5.41) is 5.46. The minimum atomic E-state index is -1.04. The van der Waals surface area contributed by atoms with Gasteiger partial charge in [-0.25, -0.2) is 8.78 Å². The van der Waals surface area contributed by atoms with Crippen LogP contribution in [-0.4, -0.2) is 23.0 Å². The van der Waals surface area contributed by atoms with Gasteiger partial charge in [0.25, 0.3) is 11.8 Å². The molecule has 2 amide bonds. The van der Waals surface area contributed by atoms with Crippen molar-refractivity contribution in [3.05, 3.63) is 71.3 Å². The number of amides is 2. The SMILES string of the molecule is CC(C)C(NC(=O)c1c(F)cccc1F)C(=O)NNC(=S)NCc1ccccc1. The van der Waals surface area contributed by atoms with E-state index in [1.807, 2.05) is 30.3 Å². The van der Waals surface area contributed by atoms with Crippen molar-refractivity contribution in [2.45, 2.75) is 26.4 Å². The maximum absolute atomic E-state index is 13.8. The van der Waals surface area contributed by atoms with Gasteiger partial charge in [-0.1, -0.05) is 50.2 Å². The number of thiocarbonyl (C=S) groups is 1. The number of benzene rings is 2. The van der Waals surface area contributed by atoms with Crippen LogP contribution >= 0.6 is 12.2 Å². The van der Waals surface area contributed by atoms with Gasteiger partial charge >= 0.3 is 0 Å². The van der Waals surface area contributed by atoms with Crippen molar-refractivity contribution in [2.75, 3.05) is 0 Å². The topological polar surface area (TPSA) is 82.3 Å². The Kier molecular flexibility index (Phi) is 8.02. The van der Waals surface area contributed by atoms with E-state index in [4.69, 9.17) is 12.2 Å². The first-order chi connectivity index (χ1) is 13.8. The number of hydrogen-bond donors (Lipinski definition) is 4. The molecule has 29 heavy (non-hydrogen) atoms. The monoisotopic (exact) mass is 420 g/mol. The second-order valence-corrected chi connectivity index (χ2v) is 6.98. The molecular formula is C20H22F2N4O2S. The lowest BCUT2D eigenvalue weighted by molar-refractivity contribution is -0.124. The third kappa shape index (κ3) is 6.49. The Labute approximate surface area is 173 Å². The molecule has 0 aliphatic carbocycles. The van der Waals surface area contributed by atoms with Gasteiger partial charge in [0, 0.05) is 6.54 Å². The van der Waals surface area contributed by atoms with Crippen LogP contribution in [0.2, 0.25) is 0 Å². The lowest BCUT2D eigenvalue weighted by atomic mass is 10.0. The predicted octanol–water partition coefficient (Wildman–Crippen LogP) is 2.41. The van der Waals surface area contributed by atoms with E-state index in [1.54, 1.807) is 13.8 Å². The molecule has 4 N–H and O–H groups in total. The molecule has 1 atom stereocenters. The van der Waals surface area contributed by atoms with Gasteiger partial charge in [0.2, 0.25) is 0 Å². The number of rotatable bonds is 6. The third-order valence-electron chi connectivity index (χ3n) is 4.02. The van der Waals surface area contributed by atoms with Crippen molar-refractivity contribution in [2.24, 2.45) is 5.92 Å². The molecule has 0 saturated carbocycles. The molecule has 9 heteroatoms. The zero-order valence-electron chi connectivity index (χ0n) is 16.0. The van der Waals surface area contributed by atoms with Gasteiger partial charge in [0.15, 0.2) is 5.11 Å². The normalized spacial score (nSPS) is 11.5. The van der Waals surface area contributed by atoms with Crippen molar-refractivity contribution >= 4 is 29.1 Å². The lowest BCUT2D eigenvalue weighted by Crippen LogP contribution is -2.55. The van der Waals surface area contributed by atoms with Crippen LogP contribution in [0.25, 0.3) is 0 Å². The Morgan fingerprint density at radius 1 is 0.966 bits per heavy atom. The van der Waals surface area contributed by atoms with E-state index in [9.17, 15) is 18.4 Å². The Balaban J connectivity index is 1.92. The first kappa shape index (κ1) is 22.2. The summed E-state index contributed by atoms with van der Waals surface area (Å²) >= 11 is 5.10. The summed E-state index contributed by atoms with van der Waals surface area (Å²) in [7, 11) is 0. The second-order valence-electron chi connectivity index (χ2n) is 6.57. The molecular weight excluding hydrogens is 398 g/mol. The fourth-order valence-corrected chi connectivity index (χ4v) is 2.60. The molecule has 1 unspecified atom stereocenters. The first-order valence-corrected chi connectivity index (χ1v) is 9.33. The van der Waals surface area contributed by atoms with Crippen LogP contribution in [0, 0.1) is 17.6 Å². The van der Waals surface area contributed by atoms with Crippen molar-refractivity contribution in [3.63, 3.8) is 0 Å². The fraction of sp³-hybridized carbons (Fsp3) is 0.250.